The number of benzene rings is 2. The SMILES string of the molecule is CC(C)(C)OC(C)(C)C.Cc1cc(NC(=O)O)c(NC(=O)CC(=O)c2cccc(-n3cncn3)c2)cc1C(F)(F)F. The lowest BCUT2D eigenvalue weighted by molar-refractivity contribution is -0.138. The maximum Gasteiger partial charge on any atom is 0.416 e. The molecule has 0 spiro atoms. The molecular formula is C28H34F3N5O5. The lowest BCUT2D eigenvalue weighted by Gasteiger charge is -2.30. The number of aryl methyl sites for hydroxylation is 1. The molecule has 0 unspecified atom stereocenters. The molecule has 3 aromatic rings. The smallest absolute Gasteiger partial charge is 0.416 e. The maximum atomic E-state index is 13.2. The van der Waals surface area contributed by atoms with Gasteiger partial charge in [-0.05, 0) is 78.3 Å². The van der Waals surface area contributed by atoms with Crippen molar-refractivity contribution in [3.05, 3.63) is 65.7 Å². The van der Waals surface area contributed by atoms with E-state index in [-0.39, 0.29) is 28.0 Å². The molecule has 0 fully saturated rings. The molecule has 0 saturated heterocycles. The van der Waals surface area contributed by atoms with Crippen molar-refractivity contribution in [1.82, 2.24) is 14.8 Å². The van der Waals surface area contributed by atoms with Crippen LogP contribution >= 0.6 is 0 Å². The van der Waals surface area contributed by atoms with Crippen molar-refractivity contribution in [2.45, 2.75) is 72.3 Å². The number of rotatable bonds is 6. The Morgan fingerprint density at radius 2 is 1.56 bits per heavy atom. The van der Waals surface area contributed by atoms with Crippen LogP contribution in [0.4, 0.5) is 29.3 Å². The summed E-state index contributed by atoms with van der Waals surface area (Å²) in [6.07, 6.45) is -4.20. The summed E-state index contributed by atoms with van der Waals surface area (Å²) < 4.78 is 46.7. The Kier molecular flexibility index (Phi) is 10.4. The monoisotopic (exact) mass is 577 g/mol. The van der Waals surface area contributed by atoms with Crippen molar-refractivity contribution in [3.8, 4) is 5.69 Å². The number of alkyl halides is 3. The summed E-state index contributed by atoms with van der Waals surface area (Å²) >= 11 is 0. The zero-order chi connectivity index (χ0) is 31.2. The van der Waals surface area contributed by atoms with Gasteiger partial charge < -0.3 is 15.2 Å². The Hall–Kier alpha value is -4.26. The first kappa shape index (κ1) is 32.9. The minimum absolute atomic E-state index is 0.0156. The third-order valence-corrected chi connectivity index (χ3v) is 4.97. The van der Waals surface area contributed by atoms with Crippen LogP contribution in [0.25, 0.3) is 5.69 Å². The van der Waals surface area contributed by atoms with E-state index in [2.05, 4.69) is 56.9 Å². The molecule has 3 rings (SSSR count). The van der Waals surface area contributed by atoms with Gasteiger partial charge in [0.25, 0.3) is 0 Å². The van der Waals surface area contributed by atoms with Crippen molar-refractivity contribution in [2.24, 2.45) is 0 Å². The fourth-order valence-electron chi connectivity index (χ4n) is 3.86. The fourth-order valence-corrected chi connectivity index (χ4v) is 3.86. The molecule has 10 nitrogen and oxygen atoms in total. The highest BCUT2D eigenvalue weighted by molar-refractivity contribution is 6.12. The Morgan fingerprint density at radius 3 is 2.05 bits per heavy atom. The zero-order valence-corrected chi connectivity index (χ0v) is 23.9. The van der Waals surface area contributed by atoms with Crippen LogP contribution in [-0.2, 0) is 15.7 Å². The van der Waals surface area contributed by atoms with E-state index in [0.717, 1.165) is 13.0 Å². The molecule has 13 heteroatoms. The lowest BCUT2D eigenvalue weighted by atomic mass is 10.0. The number of nitrogens with zero attached hydrogens (tertiary/aromatic N) is 3. The molecule has 222 valence electrons. The Labute approximate surface area is 235 Å². The number of ketones is 1. The van der Waals surface area contributed by atoms with Gasteiger partial charge in [0.2, 0.25) is 5.91 Å². The molecule has 0 atom stereocenters. The molecule has 1 heterocycles. The second-order valence-corrected chi connectivity index (χ2v) is 11.0. The zero-order valence-electron chi connectivity index (χ0n) is 23.9. The highest BCUT2D eigenvalue weighted by Crippen LogP contribution is 2.37. The van der Waals surface area contributed by atoms with E-state index in [1.807, 2.05) is 5.32 Å². The van der Waals surface area contributed by atoms with Crippen LogP contribution in [0.5, 0.6) is 0 Å². The fraction of sp³-hybridized carbons (Fsp3) is 0.393. The van der Waals surface area contributed by atoms with Gasteiger partial charge in [-0.1, -0.05) is 12.1 Å². The summed E-state index contributed by atoms with van der Waals surface area (Å²) in [6.45, 7) is 13.6. The average molecular weight is 578 g/mol. The van der Waals surface area contributed by atoms with E-state index in [4.69, 9.17) is 9.84 Å². The summed E-state index contributed by atoms with van der Waals surface area (Å²) in [4.78, 5) is 39.7. The number of halogens is 3. The number of amides is 2. The average Bonchev–Trinajstić information content (AvgIpc) is 3.33. The summed E-state index contributed by atoms with van der Waals surface area (Å²) in [7, 11) is 0. The van der Waals surface area contributed by atoms with E-state index in [0.29, 0.717) is 11.8 Å². The standard InChI is InChI=1S/C20H16F3N5O4.C8H18O/c1-11-5-15(27-19(31)32)16(7-14(11)20(21,22)23)26-18(30)8-17(29)12-3-2-4-13(6-12)28-10-24-9-25-28;1-7(2,3)9-8(4,5)6/h2-7,9-10,27H,8H2,1H3,(H,26,30)(H,31,32);1-6H3. The summed E-state index contributed by atoms with van der Waals surface area (Å²) in [5.74, 6) is -1.51. The van der Waals surface area contributed by atoms with Crippen LogP contribution in [0.1, 0.15) is 69.4 Å². The van der Waals surface area contributed by atoms with Crippen LogP contribution < -0.4 is 10.6 Å². The van der Waals surface area contributed by atoms with Gasteiger partial charge in [-0.25, -0.2) is 14.5 Å². The largest absolute Gasteiger partial charge is 0.465 e. The number of hydrogen-bond acceptors (Lipinski definition) is 6. The van der Waals surface area contributed by atoms with Gasteiger partial charge in [-0.15, -0.1) is 0 Å². The third-order valence-electron chi connectivity index (χ3n) is 4.97. The van der Waals surface area contributed by atoms with Crippen molar-refractivity contribution >= 4 is 29.2 Å². The topological polar surface area (TPSA) is 135 Å². The predicted octanol–water partition coefficient (Wildman–Crippen LogP) is 6.50. The van der Waals surface area contributed by atoms with Gasteiger partial charge in [0, 0.05) is 5.56 Å². The summed E-state index contributed by atoms with van der Waals surface area (Å²) in [5.41, 5.74) is -1.28. The third kappa shape index (κ3) is 11.0. The van der Waals surface area contributed by atoms with Crippen LogP contribution in [0.2, 0.25) is 0 Å². The van der Waals surface area contributed by atoms with Crippen LogP contribution in [-0.4, -0.2) is 48.9 Å². The Morgan fingerprint density at radius 1 is 0.951 bits per heavy atom. The van der Waals surface area contributed by atoms with E-state index >= 15 is 0 Å². The first-order valence-corrected chi connectivity index (χ1v) is 12.5. The Balaban J connectivity index is 0.000000564. The van der Waals surface area contributed by atoms with Crippen LogP contribution in [0, 0.1) is 6.92 Å². The number of anilines is 2. The lowest BCUT2D eigenvalue weighted by Crippen LogP contribution is -2.31. The summed E-state index contributed by atoms with van der Waals surface area (Å²) in [5, 5.41) is 17.0. The van der Waals surface area contributed by atoms with E-state index < -0.39 is 41.6 Å². The molecule has 1 aromatic heterocycles. The number of carbonyl (C=O) groups is 3. The predicted molar refractivity (Wildman–Crippen MR) is 147 cm³/mol. The van der Waals surface area contributed by atoms with E-state index in [1.54, 1.807) is 12.1 Å². The first-order chi connectivity index (χ1) is 18.7. The second kappa shape index (κ2) is 12.9. The highest BCUT2D eigenvalue weighted by atomic mass is 19.4. The number of Topliss-reactive ketones (excluding diaryl/α,β-unsaturated/α-hetero) is 1. The molecule has 0 radical (unpaired) electrons. The van der Waals surface area contributed by atoms with Crippen LogP contribution in [0.3, 0.4) is 0 Å². The minimum atomic E-state index is -4.72. The quantitative estimate of drug-likeness (QED) is 0.225. The molecule has 0 saturated carbocycles. The van der Waals surface area contributed by atoms with Gasteiger partial charge >= 0.3 is 12.3 Å². The molecule has 0 aliphatic rings. The van der Waals surface area contributed by atoms with Crippen molar-refractivity contribution in [2.75, 3.05) is 10.6 Å². The number of ether oxygens (including phenoxy) is 1. The molecule has 0 bridgehead atoms. The second-order valence-electron chi connectivity index (χ2n) is 11.0. The minimum Gasteiger partial charge on any atom is -0.465 e. The van der Waals surface area contributed by atoms with E-state index in [9.17, 15) is 27.6 Å². The molecule has 2 amide bonds. The summed E-state index contributed by atoms with van der Waals surface area (Å²) in [6, 6.07) is 7.77. The van der Waals surface area contributed by atoms with Gasteiger partial charge in [0.1, 0.15) is 12.7 Å². The van der Waals surface area contributed by atoms with Crippen molar-refractivity contribution < 1.29 is 37.4 Å². The van der Waals surface area contributed by atoms with Crippen molar-refractivity contribution in [1.29, 1.82) is 0 Å². The number of carbonyl (C=O) groups excluding carboxylic acids is 2. The molecule has 0 aliphatic heterocycles. The number of hydrogen-bond donors (Lipinski definition) is 3. The molecule has 41 heavy (non-hydrogen) atoms. The number of nitrogens with one attached hydrogen (secondary N) is 2. The highest BCUT2D eigenvalue weighted by Gasteiger charge is 2.33. The molecule has 0 aliphatic carbocycles. The normalized spacial score (nSPS) is 11.8. The van der Waals surface area contributed by atoms with Gasteiger partial charge in [0.15, 0.2) is 5.78 Å². The van der Waals surface area contributed by atoms with Crippen molar-refractivity contribution in [3.63, 3.8) is 0 Å². The number of carboxylic acid groups (broad SMARTS) is 1. The maximum absolute atomic E-state index is 13.2. The molecule has 2 aromatic carbocycles. The van der Waals surface area contributed by atoms with Crippen LogP contribution in [0.15, 0.2) is 49.1 Å². The molecular weight excluding hydrogens is 543 g/mol. The van der Waals surface area contributed by atoms with Gasteiger partial charge in [-0.2, -0.15) is 18.3 Å². The Bertz CT molecular complexity index is 1360. The first-order valence-electron chi connectivity index (χ1n) is 12.5. The van der Waals surface area contributed by atoms with Gasteiger partial charge in [0.05, 0.1) is 40.2 Å². The number of aromatic nitrogens is 3. The van der Waals surface area contributed by atoms with Gasteiger partial charge in [-0.3, -0.25) is 14.9 Å². The van der Waals surface area contributed by atoms with E-state index in [1.165, 1.54) is 29.5 Å². The molecule has 3 N–H and O–H groups in total.